The van der Waals surface area contributed by atoms with Crippen molar-refractivity contribution in [2.24, 2.45) is 0 Å². The van der Waals surface area contributed by atoms with E-state index in [9.17, 15) is 18.0 Å². The molecule has 0 spiro atoms. The van der Waals surface area contributed by atoms with Gasteiger partial charge in [-0.1, -0.05) is 12.2 Å². The molecule has 1 aromatic heterocycles. The average Bonchev–Trinajstić information content (AvgIpc) is 2.72. The molecule has 6 nitrogen and oxygen atoms in total. The fraction of sp³-hybridized carbons (Fsp3) is 0.381. The Morgan fingerprint density at radius 1 is 1.42 bits per heavy atom. The number of ether oxygens (including phenoxy) is 1. The summed E-state index contributed by atoms with van der Waals surface area (Å²) in [6.07, 6.45) is 9.67. The smallest absolute Gasteiger partial charge is 0.320 e. The quantitative estimate of drug-likeness (QED) is 0.319. The number of hydrogen-bond acceptors (Lipinski definition) is 5. The summed E-state index contributed by atoms with van der Waals surface area (Å²) in [4.78, 5) is 16.5. The van der Waals surface area contributed by atoms with Crippen LogP contribution in [0.15, 0.2) is 53.9 Å². The van der Waals surface area contributed by atoms with Crippen LogP contribution < -0.4 is 15.4 Å². The third kappa shape index (κ3) is 7.67. The van der Waals surface area contributed by atoms with Gasteiger partial charge in [0.1, 0.15) is 5.75 Å². The van der Waals surface area contributed by atoms with Crippen LogP contribution in [-0.4, -0.2) is 39.9 Å². The molecule has 3 N–H and O–H groups in total. The van der Waals surface area contributed by atoms with E-state index in [0.29, 0.717) is 29.8 Å². The first-order chi connectivity index (χ1) is 14.7. The number of likely N-dealkylation sites (N-methyl/N-ethyl adjacent to an activating group) is 1. The second-order valence-corrected chi connectivity index (χ2v) is 7.74. The monoisotopic (exact) mass is 548 g/mol. The molecular formula is C21H24F3IN4O2. The molecular weight excluding hydrogens is 524 g/mol. The summed E-state index contributed by atoms with van der Waals surface area (Å²) >= 11 is 1.01. The van der Waals surface area contributed by atoms with E-state index in [1.54, 1.807) is 18.3 Å². The van der Waals surface area contributed by atoms with Crippen LogP contribution in [0.3, 0.4) is 0 Å². The maximum Gasteiger partial charge on any atom is 0.320 e. The summed E-state index contributed by atoms with van der Waals surface area (Å²) in [6, 6.07) is 3.05. The van der Waals surface area contributed by atoms with Crippen LogP contribution in [0.25, 0.3) is 0 Å². The topological polar surface area (TPSA) is 87.1 Å². The van der Waals surface area contributed by atoms with Gasteiger partial charge in [0.05, 0.1) is 24.1 Å². The van der Waals surface area contributed by atoms with Gasteiger partial charge in [-0.3, -0.25) is 9.78 Å². The zero-order chi connectivity index (χ0) is 22.9. The first-order valence-electron chi connectivity index (χ1n) is 9.66. The SMILES string of the molecule is CCNC(=O)/C1=C/CC/C=C\C(=N)\C1=C/NCc1ccc(OCC(F)(F)C(F)I)cn1. The van der Waals surface area contributed by atoms with Gasteiger partial charge in [0.15, 0.2) is 6.61 Å². The van der Waals surface area contributed by atoms with E-state index in [0.717, 1.165) is 29.0 Å². The Kier molecular flexibility index (Phi) is 9.53. The molecule has 1 atom stereocenters. The number of nitrogens with zero attached hydrogens (tertiary/aromatic N) is 1. The number of nitrogens with one attached hydrogen (secondary N) is 3. The summed E-state index contributed by atoms with van der Waals surface area (Å²) in [6.45, 7) is 1.51. The largest absolute Gasteiger partial charge is 0.486 e. The van der Waals surface area contributed by atoms with Crippen LogP contribution in [0.2, 0.25) is 0 Å². The summed E-state index contributed by atoms with van der Waals surface area (Å²) in [5.41, 5.74) is 1.69. The predicted octanol–water partition coefficient (Wildman–Crippen LogP) is 4.23. The zero-order valence-electron chi connectivity index (χ0n) is 16.9. The van der Waals surface area contributed by atoms with Gasteiger partial charge in [-0.2, -0.15) is 8.78 Å². The Hall–Kier alpha value is -2.37. The molecule has 1 unspecified atom stereocenters. The van der Waals surface area contributed by atoms with E-state index in [-0.39, 0.29) is 23.9 Å². The van der Waals surface area contributed by atoms with Gasteiger partial charge in [-0.15, -0.1) is 0 Å². The highest BCUT2D eigenvalue weighted by Crippen LogP contribution is 2.27. The van der Waals surface area contributed by atoms with Crippen molar-refractivity contribution in [3.8, 4) is 5.75 Å². The minimum atomic E-state index is -3.58. The fourth-order valence-corrected chi connectivity index (χ4v) is 2.78. The second kappa shape index (κ2) is 11.9. The van der Waals surface area contributed by atoms with Crippen LogP contribution in [0, 0.1) is 5.41 Å². The number of pyridine rings is 1. The van der Waals surface area contributed by atoms with Gasteiger partial charge in [0.2, 0.25) is 4.18 Å². The normalized spacial score (nSPS) is 19.6. The number of hydrogen-bond donors (Lipinski definition) is 3. The maximum absolute atomic E-state index is 13.3. The number of carbonyl (C=O) groups is 1. The third-order valence-corrected chi connectivity index (χ3v) is 5.12. The van der Waals surface area contributed by atoms with Crippen LogP contribution in [0.4, 0.5) is 13.2 Å². The van der Waals surface area contributed by atoms with E-state index < -0.39 is 16.7 Å². The lowest BCUT2D eigenvalue weighted by Gasteiger charge is -2.17. The molecule has 1 aliphatic carbocycles. The zero-order valence-corrected chi connectivity index (χ0v) is 19.1. The summed E-state index contributed by atoms with van der Waals surface area (Å²) in [7, 11) is 0. The van der Waals surface area contributed by atoms with Gasteiger partial charge >= 0.3 is 5.92 Å². The Morgan fingerprint density at radius 3 is 2.84 bits per heavy atom. The molecule has 1 aromatic rings. The Morgan fingerprint density at radius 2 is 2.19 bits per heavy atom. The Bertz CT molecular complexity index is 868. The van der Waals surface area contributed by atoms with Crippen LogP contribution in [0.1, 0.15) is 25.5 Å². The molecule has 0 radical (unpaired) electrons. The van der Waals surface area contributed by atoms with Crippen LogP contribution >= 0.6 is 22.6 Å². The molecule has 1 amide bonds. The summed E-state index contributed by atoms with van der Waals surface area (Å²) in [5, 5.41) is 14.0. The highest BCUT2D eigenvalue weighted by molar-refractivity contribution is 14.1. The van der Waals surface area contributed by atoms with Crippen molar-refractivity contribution in [3.05, 3.63) is 59.6 Å². The molecule has 10 heteroatoms. The van der Waals surface area contributed by atoms with Crippen molar-refractivity contribution in [1.82, 2.24) is 15.6 Å². The standard InChI is InChI=1S/C21H24F3IN4O2/c1-2-28-19(30)16-6-4-3-5-7-18(26)17(16)12-27-10-14-8-9-15(11-29-14)31-13-21(23,24)20(22)25/h5-9,11-12,20,26-27H,2-4,10,13H2,1H3,(H,28,30)/b7-5-,16-6+,17-12-,26-18?. The molecule has 0 saturated carbocycles. The first-order valence-corrected chi connectivity index (χ1v) is 10.9. The van der Waals surface area contributed by atoms with Crippen LogP contribution in [-0.2, 0) is 11.3 Å². The second-order valence-electron chi connectivity index (χ2n) is 6.65. The number of allylic oxidation sites excluding steroid dienone is 3. The lowest BCUT2D eigenvalue weighted by molar-refractivity contribution is -0.117. The van der Waals surface area contributed by atoms with Crippen molar-refractivity contribution in [2.45, 2.75) is 36.4 Å². The molecule has 0 saturated heterocycles. The van der Waals surface area contributed by atoms with Crippen molar-refractivity contribution in [3.63, 3.8) is 0 Å². The minimum absolute atomic E-state index is 0.104. The van der Waals surface area contributed by atoms with Gasteiger partial charge < -0.3 is 20.8 Å². The highest BCUT2D eigenvalue weighted by Gasteiger charge is 2.39. The number of alkyl halides is 4. The molecule has 0 aliphatic heterocycles. The van der Waals surface area contributed by atoms with Crippen molar-refractivity contribution in [1.29, 1.82) is 5.41 Å². The third-order valence-electron chi connectivity index (χ3n) is 4.21. The van der Waals surface area contributed by atoms with Gasteiger partial charge in [-0.05, 0) is 60.6 Å². The molecule has 0 aromatic carbocycles. The van der Waals surface area contributed by atoms with E-state index in [2.05, 4.69) is 15.6 Å². The van der Waals surface area contributed by atoms with E-state index in [1.807, 2.05) is 19.1 Å². The van der Waals surface area contributed by atoms with Crippen molar-refractivity contribution >= 4 is 34.2 Å². The predicted molar refractivity (Wildman–Crippen MR) is 121 cm³/mol. The number of aromatic nitrogens is 1. The molecule has 0 fully saturated rings. The minimum Gasteiger partial charge on any atom is -0.486 e. The van der Waals surface area contributed by atoms with E-state index >= 15 is 0 Å². The molecule has 2 rings (SSSR count). The first kappa shape index (κ1) is 24.9. The van der Waals surface area contributed by atoms with E-state index in [4.69, 9.17) is 10.1 Å². The van der Waals surface area contributed by atoms with Gasteiger partial charge in [-0.25, -0.2) is 4.39 Å². The lowest BCUT2D eigenvalue weighted by atomic mass is 9.96. The fourth-order valence-electron chi connectivity index (χ4n) is 2.60. The Labute approximate surface area is 192 Å². The van der Waals surface area contributed by atoms with Crippen molar-refractivity contribution in [2.75, 3.05) is 13.2 Å². The molecule has 1 aliphatic rings. The molecule has 1 heterocycles. The van der Waals surface area contributed by atoms with Crippen molar-refractivity contribution < 1.29 is 22.7 Å². The number of rotatable bonds is 9. The molecule has 0 bridgehead atoms. The highest BCUT2D eigenvalue weighted by atomic mass is 127. The Balaban J connectivity index is 2.03. The maximum atomic E-state index is 13.3. The van der Waals surface area contributed by atoms with Gasteiger partial charge in [0.25, 0.3) is 5.91 Å². The summed E-state index contributed by atoms with van der Waals surface area (Å²) < 4.78 is 41.9. The van der Waals surface area contributed by atoms with E-state index in [1.165, 1.54) is 12.3 Å². The average molecular weight is 548 g/mol. The molecule has 31 heavy (non-hydrogen) atoms. The lowest BCUT2D eigenvalue weighted by Crippen LogP contribution is -2.32. The molecule has 168 valence electrons. The van der Waals surface area contributed by atoms with Crippen LogP contribution in [0.5, 0.6) is 5.75 Å². The number of carbonyl (C=O) groups excluding carboxylic acids is 1. The number of halogens is 4. The number of amides is 1. The summed E-state index contributed by atoms with van der Waals surface area (Å²) in [5.74, 6) is -3.72. The van der Waals surface area contributed by atoms with Gasteiger partial charge in [0, 0.05) is 23.9 Å².